The first-order valence-electron chi connectivity index (χ1n) is 8.45. The fourth-order valence-electron chi connectivity index (χ4n) is 3.47. The molecule has 2 heterocycles. The van der Waals surface area contributed by atoms with Gasteiger partial charge in [0.25, 0.3) is 5.56 Å². The third kappa shape index (κ3) is 2.71. The molecule has 0 spiro atoms. The van der Waals surface area contributed by atoms with Gasteiger partial charge in [-0.05, 0) is 42.8 Å². The number of ether oxygens (including phenoxy) is 2. The van der Waals surface area contributed by atoms with E-state index in [9.17, 15) is 14.7 Å². The molecular weight excluding hydrogens is 348 g/mol. The Bertz CT molecular complexity index is 1050. The number of carboxylic acids is 1. The number of benzene rings is 1. The van der Waals surface area contributed by atoms with Gasteiger partial charge in [-0.25, -0.2) is 4.98 Å². The van der Waals surface area contributed by atoms with Crippen LogP contribution in [0.2, 0.25) is 0 Å². The molecule has 7 heteroatoms. The normalized spacial score (nSPS) is 22.2. The molecule has 4 rings (SSSR count). The minimum atomic E-state index is -0.955. The van der Waals surface area contributed by atoms with Crippen LogP contribution in [0.5, 0.6) is 11.5 Å². The van der Waals surface area contributed by atoms with E-state index in [0.29, 0.717) is 29.4 Å². The summed E-state index contributed by atoms with van der Waals surface area (Å²) in [6.45, 7) is 0. The molecule has 7 nitrogen and oxygen atoms in total. The molecule has 1 aromatic carbocycles. The molecule has 2 aromatic rings. The van der Waals surface area contributed by atoms with Crippen LogP contribution < -0.4 is 15.0 Å². The quantitative estimate of drug-likeness (QED) is 0.874. The standard InChI is InChI=1S/C20H18N2O5/c1-26-14-5-6-15(27-2)12(9-14)3-4-13-10-18(23)22-16-11-20(16,19(24)25)8-7-17(22)21-13/h3-10,16H,11H2,1-2H3,(H,24,25)/b4-3+. The predicted molar refractivity (Wildman–Crippen MR) is 99.7 cm³/mol. The Morgan fingerprint density at radius 3 is 2.81 bits per heavy atom. The average Bonchev–Trinajstić information content (AvgIpc) is 3.42. The van der Waals surface area contributed by atoms with E-state index in [1.54, 1.807) is 50.7 Å². The lowest BCUT2D eigenvalue weighted by atomic mass is 10.0. The molecule has 27 heavy (non-hydrogen) atoms. The molecule has 1 N–H and O–H groups in total. The van der Waals surface area contributed by atoms with E-state index in [1.165, 1.54) is 10.6 Å². The molecule has 0 bridgehead atoms. The van der Waals surface area contributed by atoms with Gasteiger partial charge in [0.15, 0.2) is 0 Å². The van der Waals surface area contributed by atoms with Crippen LogP contribution in [0.25, 0.3) is 18.2 Å². The maximum Gasteiger partial charge on any atom is 0.315 e. The topological polar surface area (TPSA) is 90.7 Å². The summed E-state index contributed by atoms with van der Waals surface area (Å²) in [6, 6.07) is 6.48. The first-order valence-corrected chi connectivity index (χ1v) is 8.45. The van der Waals surface area contributed by atoms with E-state index >= 15 is 0 Å². The second-order valence-corrected chi connectivity index (χ2v) is 6.59. The van der Waals surface area contributed by atoms with Crippen molar-refractivity contribution in [2.75, 3.05) is 14.2 Å². The van der Waals surface area contributed by atoms with Crippen LogP contribution in [-0.2, 0) is 4.79 Å². The number of nitrogens with zero attached hydrogens (tertiary/aromatic N) is 2. The number of methoxy groups -OCH3 is 2. The molecule has 1 aromatic heterocycles. The first kappa shape index (κ1) is 17.1. The summed E-state index contributed by atoms with van der Waals surface area (Å²) < 4.78 is 12.0. The summed E-state index contributed by atoms with van der Waals surface area (Å²) in [5, 5.41) is 9.39. The van der Waals surface area contributed by atoms with Crippen LogP contribution >= 0.6 is 0 Å². The molecule has 2 aliphatic rings. The summed E-state index contributed by atoms with van der Waals surface area (Å²) in [7, 11) is 3.17. The van der Waals surface area contributed by atoms with Gasteiger partial charge in [-0.1, -0.05) is 6.08 Å². The van der Waals surface area contributed by atoms with Gasteiger partial charge in [0, 0.05) is 11.6 Å². The predicted octanol–water partition coefficient (Wildman–Crippen LogP) is 2.47. The molecule has 0 saturated heterocycles. The second-order valence-electron chi connectivity index (χ2n) is 6.59. The van der Waals surface area contributed by atoms with Gasteiger partial charge >= 0.3 is 5.97 Å². The highest BCUT2D eigenvalue weighted by atomic mass is 16.5. The van der Waals surface area contributed by atoms with Crippen LogP contribution in [0.4, 0.5) is 0 Å². The van der Waals surface area contributed by atoms with Crippen molar-refractivity contribution >= 4 is 24.2 Å². The number of fused-ring (bicyclic) bond motifs is 3. The van der Waals surface area contributed by atoms with Crippen molar-refractivity contribution in [1.29, 1.82) is 0 Å². The minimum absolute atomic E-state index is 0.255. The lowest BCUT2D eigenvalue weighted by Gasteiger charge is -2.17. The highest BCUT2D eigenvalue weighted by Gasteiger charge is 2.62. The molecule has 2 unspecified atom stereocenters. The molecule has 1 aliphatic heterocycles. The van der Waals surface area contributed by atoms with Gasteiger partial charge in [0.2, 0.25) is 0 Å². The summed E-state index contributed by atoms with van der Waals surface area (Å²) in [6.07, 6.45) is 7.19. The molecule has 1 saturated carbocycles. The number of hydrogen-bond donors (Lipinski definition) is 1. The molecule has 2 atom stereocenters. The van der Waals surface area contributed by atoms with E-state index in [2.05, 4.69) is 4.98 Å². The van der Waals surface area contributed by atoms with E-state index in [1.807, 2.05) is 6.07 Å². The molecule has 1 aliphatic carbocycles. The Balaban J connectivity index is 1.69. The van der Waals surface area contributed by atoms with Crippen molar-refractivity contribution in [2.24, 2.45) is 5.41 Å². The van der Waals surface area contributed by atoms with Crippen LogP contribution in [0.1, 0.15) is 29.5 Å². The van der Waals surface area contributed by atoms with Gasteiger partial charge in [-0.2, -0.15) is 0 Å². The number of carbonyl (C=O) groups is 1. The van der Waals surface area contributed by atoms with Gasteiger partial charge in [-0.15, -0.1) is 0 Å². The van der Waals surface area contributed by atoms with Crippen molar-refractivity contribution in [3.63, 3.8) is 0 Å². The number of aromatic nitrogens is 2. The fraction of sp³-hybridized carbons (Fsp3) is 0.250. The average molecular weight is 366 g/mol. The molecular formula is C20H18N2O5. The lowest BCUT2D eigenvalue weighted by Crippen LogP contribution is -2.29. The second kappa shape index (κ2) is 6.12. The third-order valence-electron chi connectivity index (χ3n) is 5.08. The van der Waals surface area contributed by atoms with Crippen LogP contribution in [-0.4, -0.2) is 34.8 Å². The highest BCUT2D eigenvalue weighted by Crippen LogP contribution is 2.59. The van der Waals surface area contributed by atoms with E-state index in [-0.39, 0.29) is 11.6 Å². The highest BCUT2D eigenvalue weighted by molar-refractivity contribution is 5.84. The number of aliphatic carboxylic acids is 1. The Hall–Kier alpha value is -3.35. The van der Waals surface area contributed by atoms with E-state index < -0.39 is 11.4 Å². The monoisotopic (exact) mass is 366 g/mol. The SMILES string of the molecule is COc1ccc(OC)c(/C=C/c2cc(=O)n3c(n2)C=CC2(C(=O)O)CC32)c1. The van der Waals surface area contributed by atoms with Gasteiger partial charge in [-0.3, -0.25) is 14.2 Å². The maximum absolute atomic E-state index is 12.5. The summed E-state index contributed by atoms with van der Waals surface area (Å²) in [5.41, 5.74) is 0.0715. The zero-order valence-corrected chi connectivity index (χ0v) is 14.9. The number of rotatable bonds is 5. The summed E-state index contributed by atoms with van der Waals surface area (Å²) >= 11 is 0. The maximum atomic E-state index is 12.5. The fourth-order valence-corrected chi connectivity index (χ4v) is 3.47. The molecule has 0 radical (unpaired) electrons. The Kier molecular flexibility index (Phi) is 3.87. The Morgan fingerprint density at radius 2 is 2.11 bits per heavy atom. The van der Waals surface area contributed by atoms with Crippen LogP contribution in [0.15, 0.2) is 35.1 Å². The smallest absolute Gasteiger partial charge is 0.315 e. The zero-order valence-electron chi connectivity index (χ0n) is 14.9. The zero-order chi connectivity index (χ0) is 19.2. The van der Waals surface area contributed by atoms with Crippen molar-refractivity contribution in [2.45, 2.75) is 12.5 Å². The first-order chi connectivity index (χ1) is 13.0. The molecule has 1 fully saturated rings. The number of carboxylic acid groups (broad SMARTS) is 1. The summed E-state index contributed by atoms with van der Waals surface area (Å²) in [4.78, 5) is 28.5. The number of hydrogen-bond acceptors (Lipinski definition) is 5. The Morgan fingerprint density at radius 1 is 1.30 bits per heavy atom. The van der Waals surface area contributed by atoms with Crippen molar-refractivity contribution in [3.8, 4) is 11.5 Å². The minimum Gasteiger partial charge on any atom is -0.497 e. The van der Waals surface area contributed by atoms with Crippen LogP contribution in [0.3, 0.4) is 0 Å². The molecule has 0 amide bonds. The van der Waals surface area contributed by atoms with Crippen molar-refractivity contribution in [1.82, 2.24) is 9.55 Å². The van der Waals surface area contributed by atoms with Crippen molar-refractivity contribution in [3.05, 3.63) is 57.8 Å². The molecule has 138 valence electrons. The van der Waals surface area contributed by atoms with E-state index in [0.717, 1.165) is 5.56 Å². The Labute approximate surface area is 155 Å². The van der Waals surface area contributed by atoms with Crippen molar-refractivity contribution < 1.29 is 19.4 Å². The summed E-state index contributed by atoms with van der Waals surface area (Å²) in [5.74, 6) is 0.927. The van der Waals surface area contributed by atoms with Crippen LogP contribution in [0, 0.1) is 5.41 Å². The largest absolute Gasteiger partial charge is 0.497 e. The lowest BCUT2D eigenvalue weighted by molar-refractivity contribution is -0.141. The van der Waals surface area contributed by atoms with Gasteiger partial charge in [0.1, 0.15) is 22.7 Å². The van der Waals surface area contributed by atoms with Gasteiger partial charge < -0.3 is 14.6 Å². The van der Waals surface area contributed by atoms with Gasteiger partial charge in [0.05, 0.1) is 26.0 Å². The van der Waals surface area contributed by atoms with E-state index in [4.69, 9.17) is 9.47 Å². The third-order valence-corrected chi connectivity index (χ3v) is 5.08.